The van der Waals surface area contributed by atoms with Gasteiger partial charge in [-0.15, -0.1) is 0 Å². The summed E-state index contributed by atoms with van der Waals surface area (Å²) < 4.78 is 15.0. The third-order valence-corrected chi connectivity index (χ3v) is 2.43. The smallest absolute Gasteiger partial charge is 0.248 e. The van der Waals surface area contributed by atoms with Crippen LogP contribution < -0.4 is 11.5 Å². The van der Waals surface area contributed by atoms with E-state index in [1.807, 2.05) is 0 Å². The van der Waals surface area contributed by atoms with Gasteiger partial charge in [-0.05, 0) is 18.2 Å². The standard InChI is InChI=1S/C11H12FN5O/c12-9-2-1-7(11(14)18)3-8(9)5-17-6-15-10(4-13)16-17/h1-3,6H,4-5,13H2,(H2,14,18). The Bertz CT molecular complexity index is 581. The van der Waals surface area contributed by atoms with Gasteiger partial charge in [0.1, 0.15) is 12.1 Å². The maximum atomic E-state index is 13.6. The van der Waals surface area contributed by atoms with E-state index in [4.69, 9.17) is 11.5 Å². The fourth-order valence-corrected chi connectivity index (χ4v) is 1.53. The lowest BCUT2D eigenvalue weighted by molar-refractivity contribution is 0.1000. The van der Waals surface area contributed by atoms with E-state index in [1.54, 1.807) is 0 Å². The molecule has 0 bridgehead atoms. The SMILES string of the molecule is NCc1ncn(Cc2cc(C(N)=O)ccc2F)n1. The number of halogens is 1. The summed E-state index contributed by atoms with van der Waals surface area (Å²) in [6.45, 7) is 0.386. The van der Waals surface area contributed by atoms with Crippen molar-refractivity contribution in [3.8, 4) is 0 Å². The largest absolute Gasteiger partial charge is 0.366 e. The van der Waals surface area contributed by atoms with Crippen LogP contribution in [-0.4, -0.2) is 20.7 Å². The second-order valence-corrected chi connectivity index (χ2v) is 3.73. The molecule has 1 heterocycles. The first-order chi connectivity index (χ1) is 8.60. The first kappa shape index (κ1) is 12.2. The monoisotopic (exact) mass is 249 g/mol. The van der Waals surface area contributed by atoms with E-state index in [2.05, 4.69) is 10.1 Å². The maximum Gasteiger partial charge on any atom is 0.248 e. The molecule has 0 unspecified atom stereocenters. The molecule has 0 aliphatic carbocycles. The van der Waals surface area contributed by atoms with Gasteiger partial charge in [0.25, 0.3) is 0 Å². The zero-order valence-electron chi connectivity index (χ0n) is 9.51. The lowest BCUT2D eigenvalue weighted by Gasteiger charge is -2.04. The van der Waals surface area contributed by atoms with Crippen molar-refractivity contribution in [2.75, 3.05) is 0 Å². The molecule has 2 aromatic rings. The van der Waals surface area contributed by atoms with Crippen molar-refractivity contribution in [3.63, 3.8) is 0 Å². The van der Waals surface area contributed by atoms with Crippen molar-refractivity contribution < 1.29 is 9.18 Å². The molecule has 0 atom stereocenters. The van der Waals surface area contributed by atoms with Crippen molar-refractivity contribution in [1.29, 1.82) is 0 Å². The summed E-state index contributed by atoms with van der Waals surface area (Å²) >= 11 is 0. The Labute approximate surface area is 102 Å². The molecule has 0 aliphatic rings. The van der Waals surface area contributed by atoms with Crippen LogP contribution in [0.4, 0.5) is 4.39 Å². The van der Waals surface area contributed by atoms with Crippen LogP contribution in [0.5, 0.6) is 0 Å². The molecule has 1 aromatic carbocycles. The number of carbonyl (C=O) groups excluding carboxylic acids is 1. The Balaban J connectivity index is 2.27. The zero-order chi connectivity index (χ0) is 13.1. The van der Waals surface area contributed by atoms with Crippen LogP contribution in [-0.2, 0) is 13.1 Å². The molecule has 6 nitrogen and oxygen atoms in total. The van der Waals surface area contributed by atoms with Crippen molar-refractivity contribution in [2.45, 2.75) is 13.1 Å². The fraction of sp³-hybridized carbons (Fsp3) is 0.182. The minimum Gasteiger partial charge on any atom is -0.366 e. The number of nitrogens with zero attached hydrogens (tertiary/aromatic N) is 3. The summed E-state index contributed by atoms with van der Waals surface area (Å²) in [6, 6.07) is 3.95. The predicted octanol–water partition coefficient (Wildman–Crippen LogP) is 0.0231. The molecule has 0 fully saturated rings. The van der Waals surface area contributed by atoms with E-state index < -0.39 is 11.7 Å². The Morgan fingerprint density at radius 2 is 2.22 bits per heavy atom. The highest BCUT2D eigenvalue weighted by molar-refractivity contribution is 5.92. The molecule has 4 N–H and O–H groups in total. The summed E-state index contributed by atoms with van der Waals surface area (Å²) in [5.41, 5.74) is 11.1. The van der Waals surface area contributed by atoms with Gasteiger partial charge in [0.2, 0.25) is 5.91 Å². The third kappa shape index (κ3) is 2.51. The van der Waals surface area contributed by atoms with Crippen molar-refractivity contribution >= 4 is 5.91 Å². The minimum atomic E-state index is -0.600. The van der Waals surface area contributed by atoms with Gasteiger partial charge < -0.3 is 11.5 Å². The van der Waals surface area contributed by atoms with Gasteiger partial charge in [-0.3, -0.25) is 4.79 Å². The fourth-order valence-electron chi connectivity index (χ4n) is 1.53. The quantitative estimate of drug-likeness (QED) is 0.797. The van der Waals surface area contributed by atoms with E-state index in [0.717, 1.165) is 0 Å². The molecular formula is C11H12FN5O. The summed E-state index contributed by atoms with van der Waals surface area (Å²) in [4.78, 5) is 14.9. The number of nitrogens with two attached hydrogens (primary N) is 2. The van der Waals surface area contributed by atoms with Crippen LogP contribution in [0.25, 0.3) is 0 Å². The Morgan fingerprint density at radius 1 is 1.44 bits per heavy atom. The second kappa shape index (κ2) is 4.92. The van der Waals surface area contributed by atoms with Crippen LogP contribution in [0.1, 0.15) is 21.7 Å². The average Bonchev–Trinajstić information content (AvgIpc) is 2.79. The predicted molar refractivity (Wildman–Crippen MR) is 61.9 cm³/mol. The second-order valence-electron chi connectivity index (χ2n) is 3.73. The topological polar surface area (TPSA) is 99.8 Å². The van der Waals surface area contributed by atoms with Gasteiger partial charge >= 0.3 is 0 Å². The van der Waals surface area contributed by atoms with Gasteiger partial charge in [0.15, 0.2) is 5.82 Å². The zero-order valence-corrected chi connectivity index (χ0v) is 9.51. The summed E-state index contributed by atoms with van der Waals surface area (Å²) in [6.07, 6.45) is 1.46. The number of primary amides is 1. The Kier molecular flexibility index (Phi) is 3.33. The van der Waals surface area contributed by atoms with E-state index in [9.17, 15) is 9.18 Å². The van der Waals surface area contributed by atoms with Crippen LogP contribution in [0.15, 0.2) is 24.5 Å². The highest BCUT2D eigenvalue weighted by Gasteiger charge is 2.08. The molecule has 94 valence electrons. The normalized spacial score (nSPS) is 10.6. The maximum absolute atomic E-state index is 13.6. The van der Waals surface area contributed by atoms with Crippen molar-refractivity contribution in [2.24, 2.45) is 11.5 Å². The number of amides is 1. The number of hydrogen-bond acceptors (Lipinski definition) is 4. The van der Waals surface area contributed by atoms with E-state index in [1.165, 1.54) is 29.2 Å². The van der Waals surface area contributed by atoms with E-state index in [0.29, 0.717) is 11.4 Å². The van der Waals surface area contributed by atoms with E-state index in [-0.39, 0.29) is 18.7 Å². The Hall–Kier alpha value is -2.28. The molecule has 0 radical (unpaired) electrons. The van der Waals surface area contributed by atoms with Gasteiger partial charge in [0, 0.05) is 11.1 Å². The minimum absolute atomic E-state index is 0.167. The molecule has 1 amide bonds. The average molecular weight is 249 g/mol. The molecule has 18 heavy (non-hydrogen) atoms. The lowest BCUT2D eigenvalue weighted by Crippen LogP contribution is -2.12. The van der Waals surface area contributed by atoms with Gasteiger partial charge in [-0.25, -0.2) is 14.1 Å². The van der Waals surface area contributed by atoms with Crippen LogP contribution in [0.3, 0.4) is 0 Å². The molecule has 0 spiro atoms. The van der Waals surface area contributed by atoms with Gasteiger partial charge in [0.05, 0.1) is 13.1 Å². The molecule has 0 saturated heterocycles. The highest BCUT2D eigenvalue weighted by atomic mass is 19.1. The van der Waals surface area contributed by atoms with Crippen molar-refractivity contribution in [1.82, 2.24) is 14.8 Å². The first-order valence-electron chi connectivity index (χ1n) is 5.27. The molecular weight excluding hydrogens is 237 g/mol. The Morgan fingerprint density at radius 3 is 2.83 bits per heavy atom. The van der Waals surface area contributed by atoms with E-state index >= 15 is 0 Å². The summed E-state index contributed by atoms with van der Waals surface area (Å²) in [5.74, 6) is -0.552. The van der Waals surface area contributed by atoms with Gasteiger partial charge in [-0.1, -0.05) is 0 Å². The molecule has 2 rings (SSSR count). The molecule has 0 aliphatic heterocycles. The summed E-state index contributed by atoms with van der Waals surface area (Å²) in [7, 11) is 0. The first-order valence-corrected chi connectivity index (χ1v) is 5.27. The highest BCUT2D eigenvalue weighted by Crippen LogP contribution is 2.11. The van der Waals surface area contributed by atoms with Crippen molar-refractivity contribution in [3.05, 3.63) is 47.3 Å². The molecule has 0 saturated carbocycles. The lowest BCUT2D eigenvalue weighted by atomic mass is 10.1. The van der Waals surface area contributed by atoms with Crippen LogP contribution in [0, 0.1) is 5.82 Å². The number of rotatable bonds is 4. The summed E-state index contributed by atoms with van der Waals surface area (Å²) in [5, 5.41) is 4.04. The molecule has 1 aromatic heterocycles. The van der Waals surface area contributed by atoms with Crippen LogP contribution in [0.2, 0.25) is 0 Å². The number of aromatic nitrogens is 3. The third-order valence-electron chi connectivity index (χ3n) is 2.43. The number of hydrogen-bond donors (Lipinski definition) is 2. The van der Waals surface area contributed by atoms with Crippen LogP contribution >= 0.6 is 0 Å². The number of benzene rings is 1. The number of carbonyl (C=O) groups is 1. The van der Waals surface area contributed by atoms with Gasteiger partial charge in [-0.2, -0.15) is 5.10 Å². The molecule has 7 heteroatoms.